The van der Waals surface area contributed by atoms with Gasteiger partial charge < -0.3 is 19.4 Å². The average Bonchev–Trinajstić information content (AvgIpc) is 3.03. The van der Waals surface area contributed by atoms with Crippen LogP contribution in [-0.2, 0) is 4.79 Å². The highest BCUT2D eigenvalue weighted by Crippen LogP contribution is 2.30. The number of nitrogens with zero attached hydrogens (tertiary/aromatic N) is 1. The van der Waals surface area contributed by atoms with Crippen LogP contribution in [-0.4, -0.2) is 24.7 Å². The minimum absolute atomic E-state index is 0.0923. The molecule has 1 amide bonds. The summed E-state index contributed by atoms with van der Waals surface area (Å²) in [5.41, 5.74) is 2.91. The molecule has 3 aromatic rings. The lowest BCUT2D eigenvalue weighted by molar-refractivity contribution is -0.118. The number of nitrogens with one attached hydrogen (secondary N) is 1. The molecule has 1 atom stereocenters. The molecule has 25 heavy (non-hydrogen) atoms. The van der Waals surface area contributed by atoms with Gasteiger partial charge in [0, 0.05) is 23.5 Å². The molecule has 0 aliphatic heterocycles. The van der Waals surface area contributed by atoms with Crippen molar-refractivity contribution in [3.8, 4) is 11.5 Å². The summed E-state index contributed by atoms with van der Waals surface area (Å²) in [5.74, 6) is 1.11. The summed E-state index contributed by atoms with van der Waals surface area (Å²) in [7, 11) is 3.15. The minimum Gasteiger partial charge on any atom is -0.493 e. The molecule has 130 valence electrons. The molecule has 5 nitrogen and oxygen atoms in total. The SMILES string of the molecule is COc1ccc(NC(=O)C(C)n2ccc3cc(C)ccc32)cc1OC. The Morgan fingerprint density at radius 2 is 1.80 bits per heavy atom. The first-order chi connectivity index (χ1) is 12.0. The number of carbonyl (C=O) groups is 1. The fourth-order valence-corrected chi connectivity index (χ4v) is 2.91. The van der Waals surface area contributed by atoms with Gasteiger partial charge in [0.15, 0.2) is 11.5 Å². The molecule has 2 aromatic carbocycles. The van der Waals surface area contributed by atoms with Crippen LogP contribution in [0.1, 0.15) is 18.5 Å². The van der Waals surface area contributed by atoms with E-state index in [0.29, 0.717) is 17.2 Å². The van der Waals surface area contributed by atoms with Crippen LogP contribution in [0, 0.1) is 6.92 Å². The molecule has 5 heteroatoms. The number of methoxy groups -OCH3 is 2. The Labute approximate surface area is 147 Å². The number of aromatic nitrogens is 1. The van der Waals surface area contributed by atoms with Crippen molar-refractivity contribution >= 4 is 22.5 Å². The smallest absolute Gasteiger partial charge is 0.247 e. The maximum atomic E-state index is 12.7. The van der Waals surface area contributed by atoms with Gasteiger partial charge in [-0.05, 0) is 49.6 Å². The quantitative estimate of drug-likeness (QED) is 0.760. The van der Waals surface area contributed by atoms with E-state index >= 15 is 0 Å². The van der Waals surface area contributed by atoms with E-state index in [1.165, 1.54) is 5.56 Å². The van der Waals surface area contributed by atoms with Crippen molar-refractivity contribution in [3.63, 3.8) is 0 Å². The van der Waals surface area contributed by atoms with Gasteiger partial charge in [-0.3, -0.25) is 4.79 Å². The van der Waals surface area contributed by atoms with E-state index in [-0.39, 0.29) is 11.9 Å². The summed E-state index contributed by atoms with van der Waals surface area (Å²) < 4.78 is 12.5. The fraction of sp³-hybridized carbons (Fsp3) is 0.250. The predicted octanol–water partition coefficient (Wildman–Crippen LogP) is 4.17. The zero-order valence-corrected chi connectivity index (χ0v) is 14.9. The van der Waals surface area contributed by atoms with Gasteiger partial charge >= 0.3 is 0 Å². The van der Waals surface area contributed by atoms with Crippen LogP contribution < -0.4 is 14.8 Å². The summed E-state index contributed by atoms with van der Waals surface area (Å²) >= 11 is 0. The predicted molar refractivity (Wildman–Crippen MR) is 99.6 cm³/mol. The lowest BCUT2D eigenvalue weighted by Crippen LogP contribution is -2.23. The van der Waals surface area contributed by atoms with E-state index < -0.39 is 0 Å². The molecule has 1 heterocycles. The maximum absolute atomic E-state index is 12.7. The van der Waals surface area contributed by atoms with Gasteiger partial charge in [-0.1, -0.05) is 11.6 Å². The number of anilines is 1. The van der Waals surface area contributed by atoms with Crippen LogP contribution in [0.2, 0.25) is 0 Å². The van der Waals surface area contributed by atoms with Crippen LogP contribution in [0.5, 0.6) is 11.5 Å². The number of aryl methyl sites for hydroxylation is 1. The summed E-state index contributed by atoms with van der Waals surface area (Å²) in [5, 5.41) is 4.07. The number of benzene rings is 2. The van der Waals surface area contributed by atoms with Crippen molar-refractivity contribution in [1.29, 1.82) is 0 Å². The minimum atomic E-state index is -0.340. The number of carbonyl (C=O) groups excluding carboxylic acids is 1. The lowest BCUT2D eigenvalue weighted by Gasteiger charge is -2.16. The second-order valence-corrected chi connectivity index (χ2v) is 6.02. The fourth-order valence-electron chi connectivity index (χ4n) is 2.91. The Morgan fingerprint density at radius 1 is 1.04 bits per heavy atom. The van der Waals surface area contributed by atoms with Gasteiger partial charge in [-0.25, -0.2) is 0 Å². The van der Waals surface area contributed by atoms with Crippen LogP contribution in [0.25, 0.3) is 10.9 Å². The number of rotatable bonds is 5. The molecule has 0 fully saturated rings. The monoisotopic (exact) mass is 338 g/mol. The Balaban J connectivity index is 1.82. The van der Waals surface area contributed by atoms with Crippen molar-refractivity contribution in [2.24, 2.45) is 0 Å². The standard InChI is InChI=1S/C20H22N2O3/c1-13-5-7-17-15(11-13)9-10-22(17)14(2)20(23)21-16-6-8-18(24-3)19(12-16)25-4/h5-12,14H,1-4H3,(H,21,23). The Morgan fingerprint density at radius 3 is 2.52 bits per heavy atom. The number of amides is 1. The molecule has 0 aliphatic carbocycles. The van der Waals surface area contributed by atoms with Gasteiger partial charge in [0.1, 0.15) is 6.04 Å². The average molecular weight is 338 g/mol. The number of fused-ring (bicyclic) bond motifs is 1. The van der Waals surface area contributed by atoms with Gasteiger partial charge in [0.05, 0.1) is 14.2 Å². The Hall–Kier alpha value is -2.95. The molecular weight excluding hydrogens is 316 g/mol. The third kappa shape index (κ3) is 3.31. The van der Waals surface area contributed by atoms with Crippen molar-refractivity contribution in [3.05, 3.63) is 54.2 Å². The van der Waals surface area contributed by atoms with E-state index in [4.69, 9.17) is 9.47 Å². The van der Waals surface area contributed by atoms with Crippen molar-refractivity contribution < 1.29 is 14.3 Å². The van der Waals surface area contributed by atoms with E-state index in [0.717, 1.165) is 10.9 Å². The molecule has 1 N–H and O–H groups in total. The highest BCUT2D eigenvalue weighted by molar-refractivity contribution is 5.95. The first kappa shape index (κ1) is 16.9. The Bertz CT molecular complexity index is 914. The van der Waals surface area contributed by atoms with Crippen molar-refractivity contribution in [2.45, 2.75) is 19.9 Å². The molecule has 0 radical (unpaired) electrons. The summed E-state index contributed by atoms with van der Waals surface area (Å²) in [6, 6.07) is 13.2. The van der Waals surface area contributed by atoms with E-state index in [1.807, 2.05) is 29.8 Å². The normalized spacial score (nSPS) is 12.0. The molecule has 0 bridgehead atoms. The van der Waals surface area contributed by atoms with Gasteiger partial charge in [-0.2, -0.15) is 0 Å². The molecule has 0 saturated heterocycles. The summed E-state index contributed by atoms with van der Waals surface area (Å²) in [4.78, 5) is 12.7. The molecular formula is C20H22N2O3. The second kappa shape index (κ2) is 6.89. The van der Waals surface area contributed by atoms with Crippen LogP contribution in [0.4, 0.5) is 5.69 Å². The zero-order valence-electron chi connectivity index (χ0n) is 14.9. The van der Waals surface area contributed by atoms with Gasteiger partial charge in [0.2, 0.25) is 5.91 Å². The van der Waals surface area contributed by atoms with E-state index in [2.05, 4.69) is 24.4 Å². The highest BCUT2D eigenvalue weighted by atomic mass is 16.5. The highest BCUT2D eigenvalue weighted by Gasteiger charge is 2.17. The molecule has 1 unspecified atom stereocenters. The molecule has 0 aliphatic rings. The van der Waals surface area contributed by atoms with Crippen LogP contribution >= 0.6 is 0 Å². The van der Waals surface area contributed by atoms with Crippen molar-refractivity contribution in [2.75, 3.05) is 19.5 Å². The number of hydrogen-bond donors (Lipinski definition) is 1. The molecule has 0 saturated carbocycles. The lowest BCUT2D eigenvalue weighted by atomic mass is 10.2. The number of ether oxygens (including phenoxy) is 2. The first-order valence-corrected chi connectivity index (χ1v) is 8.13. The number of hydrogen-bond acceptors (Lipinski definition) is 3. The third-order valence-electron chi connectivity index (χ3n) is 4.32. The van der Waals surface area contributed by atoms with E-state index in [1.54, 1.807) is 32.4 Å². The molecule has 1 aromatic heterocycles. The molecule has 3 rings (SSSR count). The second-order valence-electron chi connectivity index (χ2n) is 6.02. The first-order valence-electron chi connectivity index (χ1n) is 8.13. The largest absolute Gasteiger partial charge is 0.493 e. The van der Waals surface area contributed by atoms with Crippen LogP contribution in [0.3, 0.4) is 0 Å². The summed E-state index contributed by atoms with van der Waals surface area (Å²) in [6.07, 6.45) is 1.95. The van der Waals surface area contributed by atoms with Gasteiger partial charge in [-0.15, -0.1) is 0 Å². The van der Waals surface area contributed by atoms with Gasteiger partial charge in [0.25, 0.3) is 0 Å². The Kier molecular flexibility index (Phi) is 4.65. The van der Waals surface area contributed by atoms with E-state index in [9.17, 15) is 4.79 Å². The maximum Gasteiger partial charge on any atom is 0.247 e. The van der Waals surface area contributed by atoms with Crippen LogP contribution in [0.15, 0.2) is 48.7 Å². The third-order valence-corrected chi connectivity index (χ3v) is 4.32. The van der Waals surface area contributed by atoms with Crippen molar-refractivity contribution in [1.82, 2.24) is 4.57 Å². The molecule has 0 spiro atoms. The zero-order chi connectivity index (χ0) is 18.0. The summed E-state index contributed by atoms with van der Waals surface area (Å²) in [6.45, 7) is 3.94. The topological polar surface area (TPSA) is 52.5 Å².